The number of para-hydroxylation sites is 1. The smallest absolute Gasteiger partial charge is 0.508 e. The molecule has 0 fully saturated rings. The van der Waals surface area contributed by atoms with Crippen molar-refractivity contribution in [3.8, 4) is 23.0 Å². The van der Waals surface area contributed by atoms with E-state index in [1.54, 1.807) is 19.6 Å². The molecular weight excluding hydrogens is 320 g/mol. The number of rotatable bonds is 3. The number of methoxy groups -OCH3 is 1. The van der Waals surface area contributed by atoms with Crippen LogP contribution in [0.25, 0.3) is 17.3 Å². The van der Waals surface area contributed by atoms with Gasteiger partial charge in [0.25, 0.3) is 0 Å². The van der Waals surface area contributed by atoms with Crippen LogP contribution in [0.2, 0.25) is 0 Å². The van der Waals surface area contributed by atoms with Gasteiger partial charge in [-0.2, -0.15) is 4.57 Å². The molecule has 0 aliphatic heterocycles. The molecule has 3 aromatic rings. The fraction of sp³-hybridized carbons (Fsp3) is 0.0667. The second kappa shape index (κ2) is 6.34. The van der Waals surface area contributed by atoms with Crippen molar-refractivity contribution >= 4 is 0 Å². The van der Waals surface area contributed by atoms with Crippen molar-refractivity contribution in [2.45, 2.75) is 0 Å². The minimum Gasteiger partial charge on any atom is -1.00 e. The number of hydrogen-bond acceptors (Lipinski definition) is 3. The first-order valence-electron chi connectivity index (χ1n) is 5.94. The van der Waals surface area contributed by atoms with Crippen LogP contribution in [0.4, 0.5) is 0 Å². The number of halogens is 1. The Balaban J connectivity index is 0.00000147. The zero-order valence-electron chi connectivity index (χ0n) is 10.9. The van der Waals surface area contributed by atoms with Crippen LogP contribution in [0.15, 0.2) is 65.5 Å². The number of ether oxygens (including phenoxy) is 1. The molecular formula is C15H13BrN2O2. The first-order chi connectivity index (χ1) is 9.40. The molecule has 20 heavy (non-hydrogen) atoms. The zero-order chi connectivity index (χ0) is 13.1. The molecule has 3 rings (SSSR count). The van der Waals surface area contributed by atoms with E-state index in [0.717, 1.165) is 17.0 Å². The molecule has 0 spiro atoms. The monoisotopic (exact) mass is 332 g/mol. The second-order valence-corrected chi connectivity index (χ2v) is 3.97. The molecule has 0 N–H and O–H groups in total. The predicted octanol–water partition coefficient (Wildman–Crippen LogP) is -0.369. The third kappa shape index (κ3) is 2.58. The highest BCUT2D eigenvalue weighted by Crippen LogP contribution is 2.27. The van der Waals surface area contributed by atoms with Gasteiger partial charge in [-0.25, -0.2) is 0 Å². The summed E-state index contributed by atoms with van der Waals surface area (Å²) in [7, 11) is 1.66. The first kappa shape index (κ1) is 14.3. The van der Waals surface area contributed by atoms with E-state index in [1.165, 1.54) is 0 Å². The molecule has 0 unspecified atom stereocenters. The van der Waals surface area contributed by atoms with Gasteiger partial charge in [0.15, 0.2) is 6.20 Å². The lowest BCUT2D eigenvalue weighted by atomic mass is 10.1. The van der Waals surface area contributed by atoms with Crippen LogP contribution in [-0.2, 0) is 0 Å². The van der Waals surface area contributed by atoms with Gasteiger partial charge in [0.2, 0.25) is 0 Å². The van der Waals surface area contributed by atoms with Gasteiger partial charge in [-0.15, -0.1) is 0 Å². The van der Waals surface area contributed by atoms with Crippen molar-refractivity contribution < 1.29 is 30.7 Å². The van der Waals surface area contributed by atoms with Gasteiger partial charge in [0.1, 0.15) is 23.9 Å². The summed E-state index contributed by atoms with van der Waals surface area (Å²) >= 11 is 0. The first-order valence-corrected chi connectivity index (χ1v) is 5.94. The molecule has 1 aromatic carbocycles. The van der Waals surface area contributed by atoms with Gasteiger partial charge in [0, 0.05) is 0 Å². The largest absolute Gasteiger partial charge is 1.00 e. The lowest BCUT2D eigenvalue weighted by Gasteiger charge is -2.08. The molecule has 0 aliphatic carbocycles. The second-order valence-electron chi connectivity index (χ2n) is 3.97. The number of hydrogen-bond donors (Lipinski definition) is 0. The molecule has 0 atom stereocenters. The number of pyridine rings is 1. The Labute approximate surface area is 127 Å². The van der Waals surface area contributed by atoms with E-state index < -0.39 is 0 Å². The van der Waals surface area contributed by atoms with Crippen LogP contribution in [0.1, 0.15) is 0 Å². The SMILES string of the molecule is COc1ccccc1-c1cccc[n+]1-c1ncco1.[Br-]. The molecule has 102 valence electrons. The highest BCUT2D eigenvalue weighted by molar-refractivity contribution is 5.64. The van der Waals surface area contributed by atoms with Gasteiger partial charge in [-0.05, 0) is 29.2 Å². The van der Waals surface area contributed by atoms with Gasteiger partial charge in [-0.3, -0.25) is 0 Å². The molecule has 5 heteroatoms. The van der Waals surface area contributed by atoms with Gasteiger partial charge in [-0.1, -0.05) is 18.2 Å². The zero-order valence-corrected chi connectivity index (χ0v) is 12.4. The Bertz CT molecular complexity index is 684. The van der Waals surface area contributed by atoms with Gasteiger partial charge >= 0.3 is 6.01 Å². The molecule has 0 radical (unpaired) electrons. The standard InChI is InChI=1S/C15H13N2O2.BrH/c1-18-14-8-3-2-6-12(14)13-7-4-5-10-17(13)15-16-9-11-19-15;/h2-11H,1H3;1H/q+1;/p-1. The summed E-state index contributed by atoms with van der Waals surface area (Å²) in [6, 6.07) is 14.3. The summed E-state index contributed by atoms with van der Waals surface area (Å²) in [6.07, 6.45) is 5.09. The van der Waals surface area contributed by atoms with Crippen LogP contribution >= 0.6 is 0 Å². The summed E-state index contributed by atoms with van der Waals surface area (Å²) in [6.45, 7) is 0. The quantitative estimate of drug-likeness (QED) is 0.614. The molecule has 0 aliphatic rings. The lowest BCUT2D eigenvalue weighted by Crippen LogP contribution is -3.00. The Morgan fingerprint density at radius 2 is 1.90 bits per heavy atom. The average Bonchev–Trinajstić information content (AvgIpc) is 3.01. The van der Waals surface area contributed by atoms with Crippen LogP contribution in [0, 0.1) is 0 Å². The Morgan fingerprint density at radius 1 is 1.10 bits per heavy atom. The summed E-state index contributed by atoms with van der Waals surface area (Å²) in [5.74, 6) is 0.814. The molecule has 2 heterocycles. The van der Waals surface area contributed by atoms with Crippen LogP contribution in [0.5, 0.6) is 5.75 Å². The molecule has 0 saturated heterocycles. The van der Waals surface area contributed by atoms with E-state index >= 15 is 0 Å². The van der Waals surface area contributed by atoms with Crippen molar-refractivity contribution in [2.24, 2.45) is 0 Å². The normalized spacial score (nSPS) is 9.85. The fourth-order valence-corrected chi connectivity index (χ4v) is 2.02. The van der Waals surface area contributed by atoms with Gasteiger partial charge < -0.3 is 26.1 Å². The third-order valence-electron chi connectivity index (χ3n) is 2.87. The highest BCUT2D eigenvalue weighted by Gasteiger charge is 2.19. The van der Waals surface area contributed by atoms with E-state index in [9.17, 15) is 0 Å². The predicted molar refractivity (Wildman–Crippen MR) is 70.0 cm³/mol. The lowest BCUT2D eigenvalue weighted by molar-refractivity contribution is -0.601. The maximum atomic E-state index is 5.41. The van der Waals surface area contributed by atoms with Crippen LogP contribution < -0.4 is 26.3 Å². The average molecular weight is 333 g/mol. The minimum absolute atomic E-state index is 0. The van der Waals surface area contributed by atoms with Crippen molar-refractivity contribution in [1.82, 2.24) is 4.98 Å². The Morgan fingerprint density at radius 3 is 2.65 bits per heavy atom. The number of benzene rings is 1. The third-order valence-corrected chi connectivity index (χ3v) is 2.87. The van der Waals surface area contributed by atoms with Crippen LogP contribution in [0.3, 0.4) is 0 Å². The number of aromatic nitrogens is 2. The summed E-state index contributed by atoms with van der Waals surface area (Å²) in [5.41, 5.74) is 1.95. The van der Waals surface area contributed by atoms with E-state index in [-0.39, 0.29) is 17.0 Å². The molecule has 2 aromatic heterocycles. The number of nitrogens with zero attached hydrogens (tertiary/aromatic N) is 2. The summed E-state index contributed by atoms with van der Waals surface area (Å²) in [5, 5.41) is 0. The van der Waals surface area contributed by atoms with E-state index in [4.69, 9.17) is 9.15 Å². The van der Waals surface area contributed by atoms with E-state index in [1.807, 2.05) is 53.2 Å². The Hall–Kier alpha value is -2.14. The van der Waals surface area contributed by atoms with Crippen molar-refractivity contribution in [3.63, 3.8) is 0 Å². The maximum Gasteiger partial charge on any atom is 0.508 e. The van der Waals surface area contributed by atoms with Gasteiger partial charge in [0.05, 0.1) is 12.7 Å². The highest BCUT2D eigenvalue weighted by atomic mass is 79.9. The molecule has 0 bridgehead atoms. The summed E-state index contributed by atoms with van der Waals surface area (Å²) in [4.78, 5) is 4.18. The minimum atomic E-state index is 0. The van der Waals surface area contributed by atoms with E-state index in [2.05, 4.69) is 4.98 Å². The number of oxazole rings is 1. The van der Waals surface area contributed by atoms with Crippen molar-refractivity contribution in [3.05, 3.63) is 61.1 Å². The van der Waals surface area contributed by atoms with E-state index in [0.29, 0.717) is 6.01 Å². The fourth-order valence-electron chi connectivity index (χ4n) is 2.02. The molecule has 0 saturated carbocycles. The topological polar surface area (TPSA) is 39.1 Å². The molecule has 4 nitrogen and oxygen atoms in total. The van der Waals surface area contributed by atoms with Crippen molar-refractivity contribution in [1.29, 1.82) is 0 Å². The van der Waals surface area contributed by atoms with Crippen molar-refractivity contribution in [2.75, 3.05) is 7.11 Å². The summed E-state index contributed by atoms with van der Waals surface area (Å²) < 4.78 is 12.7. The Kier molecular flexibility index (Phi) is 4.53. The molecule has 0 amide bonds. The van der Waals surface area contributed by atoms with Crippen LogP contribution in [-0.4, -0.2) is 12.1 Å². The maximum absolute atomic E-state index is 5.41.